The van der Waals surface area contributed by atoms with Crippen molar-refractivity contribution in [1.29, 1.82) is 0 Å². The first-order valence-corrected chi connectivity index (χ1v) is 8.53. The Kier molecular flexibility index (Phi) is 5.00. The van der Waals surface area contributed by atoms with E-state index in [0.717, 1.165) is 24.8 Å². The molecule has 0 aliphatic rings. The summed E-state index contributed by atoms with van der Waals surface area (Å²) >= 11 is 11.5. The molecule has 0 atom stereocenters. The highest BCUT2D eigenvalue weighted by atomic mass is 79.9. The van der Waals surface area contributed by atoms with Gasteiger partial charge in [-0.1, -0.05) is 28.1 Å². The van der Waals surface area contributed by atoms with Crippen molar-refractivity contribution >= 4 is 70.7 Å². The lowest BCUT2D eigenvalue weighted by Crippen LogP contribution is -2.10. The van der Waals surface area contributed by atoms with E-state index in [-0.39, 0.29) is 5.91 Å². The molecule has 2 rings (SSSR count). The molecule has 2 nitrogen and oxygen atoms in total. The number of carbonyl (C=O) groups excluding carboxylic acids is 1. The summed E-state index contributed by atoms with van der Waals surface area (Å²) in [6, 6.07) is 9.56. The number of amides is 1. The molecule has 94 valence electrons. The number of anilines is 1. The zero-order valence-corrected chi connectivity index (χ0v) is 14.6. The topological polar surface area (TPSA) is 29.1 Å². The predicted molar refractivity (Wildman–Crippen MR) is 86.7 cm³/mol. The van der Waals surface area contributed by atoms with Gasteiger partial charge >= 0.3 is 0 Å². The molecule has 0 spiro atoms. The van der Waals surface area contributed by atoms with Crippen molar-refractivity contribution in [1.82, 2.24) is 0 Å². The monoisotopic (exact) mass is 451 g/mol. The van der Waals surface area contributed by atoms with Gasteiger partial charge < -0.3 is 5.32 Å². The fraction of sp³-hybridized carbons (Fsp3) is 0.0833. The van der Waals surface area contributed by atoms with Gasteiger partial charge in [-0.25, -0.2) is 0 Å². The number of hydrogen-bond acceptors (Lipinski definition) is 2. The number of halogens is 3. The molecule has 1 aromatic carbocycles. The predicted octanol–water partition coefficient (Wildman–Crippen LogP) is 5.42. The summed E-state index contributed by atoms with van der Waals surface area (Å²) in [6.07, 6.45) is 0. The summed E-state index contributed by atoms with van der Waals surface area (Å²) < 4.78 is 1.81. The van der Waals surface area contributed by atoms with Gasteiger partial charge in [0.05, 0.1) is 8.66 Å². The third-order valence-corrected chi connectivity index (χ3v) is 6.11. The minimum Gasteiger partial charge on any atom is -0.321 e. The highest BCUT2D eigenvalue weighted by molar-refractivity contribution is 9.13. The Morgan fingerprint density at radius 2 is 2.06 bits per heavy atom. The lowest BCUT2D eigenvalue weighted by atomic mass is 10.2. The van der Waals surface area contributed by atoms with Crippen molar-refractivity contribution in [2.75, 3.05) is 5.32 Å². The van der Waals surface area contributed by atoms with Gasteiger partial charge in [-0.3, -0.25) is 4.79 Å². The molecule has 1 N–H and O–H groups in total. The van der Waals surface area contributed by atoms with Crippen LogP contribution in [0.5, 0.6) is 0 Å². The summed E-state index contributed by atoms with van der Waals surface area (Å²) in [7, 11) is 0. The van der Waals surface area contributed by atoms with E-state index in [1.807, 2.05) is 24.3 Å². The van der Waals surface area contributed by atoms with Gasteiger partial charge in [-0.15, -0.1) is 11.3 Å². The highest BCUT2D eigenvalue weighted by Crippen LogP contribution is 2.32. The maximum Gasteiger partial charge on any atom is 0.265 e. The molecule has 18 heavy (non-hydrogen) atoms. The molecule has 6 heteroatoms. The van der Waals surface area contributed by atoms with Crippen LogP contribution in [0, 0.1) is 0 Å². The SMILES string of the molecule is O=C(Nc1cccc(CBr)c1)c1cc(Br)c(Br)s1. The van der Waals surface area contributed by atoms with Gasteiger partial charge in [0.25, 0.3) is 5.91 Å². The van der Waals surface area contributed by atoms with Crippen molar-refractivity contribution in [3.63, 3.8) is 0 Å². The van der Waals surface area contributed by atoms with Crippen LogP contribution in [0.15, 0.2) is 38.6 Å². The summed E-state index contributed by atoms with van der Waals surface area (Å²) in [5.74, 6) is -0.0990. The molecule has 2 aromatic rings. The summed E-state index contributed by atoms with van der Waals surface area (Å²) in [5.41, 5.74) is 1.93. The molecule has 0 aliphatic carbocycles. The van der Waals surface area contributed by atoms with Crippen molar-refractivity contribution in [2.45, 2.75) is 5.33 Å². The van der Waals surface area contributed by atoms with Crippen LogP contribution in [0.1, 0.15) is 15.2 Å². The van der Waals surface area contributed by atoms with Crippen molar-refractivity contribution in [2.24, 2.45) is 0 Å². The second kappa shape index (κ2) is 6.32. The third kappa shape index (κ3) is 3.44. The number of alkyl halides is 1. The summed E-state index contributed by atoms with van der Waals surface area (Å²) in [5, 5.41) is 3.65. The van der Waals surface area contributed by atoms with Gasteiger partial charge in [0, 0.05) is 15.5 Å². The van der Waals surface area contributed by atoms with Gasteiger partial charge in [-0.05, 0) is 55.6 Å². The minimum atomic E-state index is -0.0990. The van der Waals surface area contributed by atoms with Crippen LogP contribution >= 0.6 is 59.1 Å². The van der Waals surface area contributed by atoms with Gasteiger partial charge in [0.1, 0.15) is 0 Å². The molecular weight excluding hydrogens is 446 g/mol. The Morgan fingerprint density at radius 1 is 1.28 bits per heavy atom. The van der Waals surface area contributed by atoms with Gasteiger partial charge in [0.15, 0.2) is 0 Å². The molecule has 0 saturated heterocycles. The number of rotatable bonds is 3. The lowest BCUT2D eigenvalue weighted by molar-refractivity contribution is 0.103. The minimum absolute atomic E-state index is 0.0990. The lowest BCUT2D eigenvalue weighted by Gasteiger charge is -2.04. The molecule has 0 radical (unpaired) electrons. The highest BCUT2D eigenvalue weighted by Gasteiger charge is 2.12. The first-order chi connectivity index (χ1) is 8.60. The molecule has 0 aliphatic heterocycles. The average molecular weight is 454 g/mol. The van der Waals surface area contributed by atoms with E-state index in [0.29, 0.717) is 4.88 Å². The fourth-order valence-electron chi connectivity index (χ4n) is 1.38. The second-order valence-electron chi connectivity index (χ2n) is 3.52. The smallest absolute Gasteiger partial charge is 0.265 e. The molecule has 0 unspecified atom stereocenters. The largest absolute Gasteiger partial charge is 0.321 e. The van der Waals surface area contributed by atoms with Crippen molar-refractivity contribution < 1.29 is 4.79 Å². The molecule has 0 fully saturated rings. The molecule has 0 bridgehead atoms. The fourth-order valence-corrected chi connectivity index (χ4v) is 3.66. The summed E-state index contributed by atoms with van der Waals surface area (Å²) in [4.78, 5) is 12.7. The second-order valence-corrected chi connectivity index (χ2v) is 7.31. The van der Waals surface area contributed by atoms with E-state index in [2.05, 4.69) is 53.1 Å². The molecule has 1 aromatic heterocycles. The molecule has 1 amide bonds. The van der Waals surface area contributed by atoms with E-state index in [1.54, 1.807) is 6.07 Å². The Morgan fingerprint density at radius 3 is 2.67 bits per heavy atom. The number of hydrogen-bond donors (Lipinski definition) is 1. The quantitative estimate of drug-likeness (QED) is 0.618. The first-order valence-electron chi connectivity index (χ1n) is 5.01. The molecule has 1 heterocycles. The van der Waals surface area contributed by atoms with Crippen LogP contribution in [-0.4, -0.2) is 5.91 Å². The van der Waals surface area contributed by atoms with E-state index >= 15 is 0 Å². The standard InChI is InChI=1S/C12H8Br3NOS/c13-6-7-2-1-3-8(4-7)16-12(17)10-5-9(14)11(15)18-10/h1-5H,6H2,(H,16,17). The Labute approximate surface area is 134 Å². The number of thiophene rings is 1. The Bertz CT molecular complexity index is 563. The number of carbonyl (C=O) groups is 1. The van der Waals surface area contributed by atoms with Crippen LogP contribution < -0.4 is 5.32 Å². The van der Waals surface area contributed by atoms with Crippen LogP contribution in [0.4, 0.5) is 5.69 Å². The van der Waals surface area contributed by atoms with Crippen LogP contribution in [0.2, 0.25) is 0 Å². The van der Waals surface area contributed by atoms with E-state index in [1.165, 1.54) is 11.3 Å². The first kappa shape index (κ1) is 14.2. The molecule has 0 saturated carbocycles. The van der Waals surface area contributed by atoms with Crippen LogP contribution in [0.25, 0.3) is 0 Å². The van der Waals surface area contributed by atoms with E-state index < -0.39 is 0 Å². The van der Waals surface area contributed by atoms with Gasteiger partial charge in [0.2, 0.25) is 0 Å². The van der Waals surface area contributed by atoms with Gasteiger partial charge in [-0.2, -0.15) is 0 Å². The van der Waals surface area contributed by atoms with Crippen LogP contribution in [0.3, 0.4) is 0 Å². The third-order valence-electron chi connectivity index (χ3n) is 2.21. The average Bonchev–Trinajstić information content (AvgIpc) is 2.70. The maximum absolute atomic E-state index is 12.0. The van der Waals surface area contributed by atoms with E-state index in [4.69, 9.17) is 0 Å². The number of nitrogens with one attached hydrogen (secondary N) is 1. The zero-order valence-electron chi connectivity index (χ0n) is 9.04. The summed E-state index contributed by atoms with van der Waals surface area (Å²) in [6.45, 7) is 0. The van der Waals surface area contributed by atoms with Crippen molar-refractivity contribution in [3.8, 4) is 0 Å². The van der Waals surface area contributed by atoms with E-state index in [9.17, 15) is 4.79 Å². The Hall–Kier alpha value is -0.170. The zero-order chi connectivity index (χ0) is 13.1. The van der Waals surface area contributed by atoms with Crippen LogP contribution in [-0.2, 0) is 5.33 Å². The van der Waals surface area contributed by atoms with Crippen molar-refractivity contribution in [3.05, 3.63) is 49.0 Å². The normalized spacial score (nSPS) is 10.4. The number of benzene rings is 1. The Balaban J connectivity index is 2.15. The maximum atomic E-state index is 12.0. The molecular formula is C12H8Br3NOS.